The first-order valence-corrected chi connectivity index (χ1v) is 6.82. The van der Waals surface area contributed by atoms with Crippen LogP contribution in [0.25, 0.3) is 0 Å². The van der Waals surface area contributed by atoms with E-state index in [-0.39, 0.29) is 30.0 Å². The summed E-state index contributed by atoms with van der Waals surface area (Å²) < 4.78 is 5.20. The summed E-state index contributed by atoms with van der Waals surface area (Å²) >= 11 is 0. The zero-order valence-corrected chi connectivity index (χ0v) is 12.5. The van der Waals surface area contributed by atoms with Crippen LogP contribution in [0.5, 0.6) is 5.75 Å². The third-order valence-corrected chi connectivity index (χ3v) is 2.69. The maximum absolute atomic E-state index is 11.5. The highest BCUT2D eigenvalue weighted by Crippen LogP contribution is 2.16. The molecule has 0 aromatic heterocycles. The van der Waals surface area contributed by atoms with Gasteiger partial charge in [-0.2, -0.15) is 0 Å². The van der Waals surface area contributed by atoms with Crippen molar-refractivity contribution in [2.75, 3.05) is 19.7 Å². The first-order valence-electron chi connectivity index (χ1n) is 6.82. The second kappa shape index (κ2) is 8.60. The van der Waals surface area contributed by atoms with Crippen molar-refractivity contribution >= 4 is 17.5 Å². The smallest absolute Gasteiger partial charge is 0.269 e. The van der Waals surface area contributed by atoms with Crippen LogP contribution in [0.1, 0.15) is 13.8 Å². The number of amides is 2. The Balaban J connectivity index is 2.23. The number of hydrogen-bond acceptors (Lipinski definition) is 5. The Morgan fingerprint density at radius 3 is 2.32 bits per heavy atom. The molecule has 0 spiro atoms. The van der Waals surface area contributed by atoms with Crippen molar-refractivity contribution in [3.8, 4) is 5.75 Å². The average Bonchev–Trinajstić information content (AvgIpc) is 2.49. The van der Waals surface area contributed by atoms with E-state index in [0.29, 0.717) is 18.8 Å². The molecule has 0 aliphatic carbocycles. The number of nitro groups is 1. The molecule has 1 aromatic carbocycles. The monoisotopic (exact) mass is 309 g/mol. The lowest BCUT2D eigenvalue weighted by atomic mass is 10.2. The van der Waals surface area contributed by atoms with Crippen LogP contribution in [0.2, 0.25) is 0 Å². The number of carbonyl (C=O) groups excluding carboxylic acids is 2. The molecule has 0 atom stereocenters. The van der Waals surface area contributed by atoms with Crippen molar-refractivity contribution in [3.63, 3.8) is 0 Å². The summed E-state index contributed by atoms with van der Waals surface area (Å²) in [6.45, 7) is 4.02. The van der Waals surface area contributed by atoms with Crippen molar-refractivity contribution in [2.24, 2.45) is 5.92 Å². The molecule has 22 heavy (non-hydrogen) atoms. The first kappa shape index (κ1) is 17.4. The lowest BCUT2D eigenvalue weighted by Crippen LogP contribution is -2.38. The predicted octanol–water partition coefficient (Wildman–Crippen LogP) is 0.862. The summed E-state index contributed by atoms with van der Waals surface area (Å²) in [7, 11) is 0. The highest BCUT2D eigenvalue weighted by Gasteiger charge is 2.07. The average molecular weight is 309 g/mol. The van der Waals surface area contributed by atoms with Crippen LogP contribution < -0.4 is 15.4 Å². The van der Waals surface area contributed by atoms with E-state index in [2.05, 4.69) is 10.6 Å². The highest BCUT2D eigenvalue weighted by molar-refractivity contribution is 5.78. The zero-order valence-electron chi connectivity index (χ0n) is 12.5. The molecule has 0 aliphatic heterocycles. The SMILES string of the molecule is CC(C)C(=O)NCCNC(=O)COc1ccc([N+](=O)[O-])cc1. The van der Waals surface area contributed by atoms with Crippen LogP contribution in [0, 0.1) is 16.0 Å². The molecule has 0 saturated heterocycles. The van der Waals surface area contributed by atoms with Crippen LogP contribution in [-0.2, 0) is 9.59 Å². The Labute approximate surface area is 128 Å². The van der Waals surface area contributed by atoms with Gasteiger partial charge in [-0.05, 0) is 12.1 Å². The van der Waals surface area contributed by atoms with Crippen molar-refractivity contribution in [2.45, 2.75) is 13.8 Å². The highest BCUT2D eigenvalue weighted by atomic mass is 16.6. The largest absolute Gasteiger partial charge is 0.484 e. The van der Waals surface area contributed by atoms with Gasteiger partial charge in [-0.3, -0.25) is 19.7 Å². The Bertz CT molecular complexity index is 528. The quantitative estimate of drug-likeness (QED) is 0.420. The second-order valence-corrected chi connectivity index (χ2v) is 4.84. The summed E-state index contributed by atoms with van der Waals surface area (Å²) in [5, 5.41) is 15.7. The van der Waals surface area contributed by atoms with Gasteiger partial charge in [0.1, 0.15) is 5.75 Å². The molecule has 8 nitrogen and oxygen atoms in total. The van der Waals surface area contributed by atoms with E-state index in [0.717, 1.165) is 0 Å². The molecule has 120 valence electrons. The topological polar surface area (TPSA) is 111 Å². The number of non-ortho nitro benzene ring substituents is 1. The number of nitrogens with zero attached hydrogens (tertiary/aromatic N) is 1. The van der Waals surface area contributed by atoms with Crippen LogP contribution in [-0.4, -0.2) is 36.4 Å². The van der Waals surface area contributed by atoms with Gasteiger partial charge in [-0.25, -0.2) is 0 Å². The van der Waals surface area contributed by atoms with Crippen molar-refractivity contribution in [1.82, 2.24) is 10.6 Å². The summed E-state index contributed by atoms with van der Waals surface area (Å²) in [6.07, 6.45) is 0. The fourth-order valence-corrected chi connectivity index (χ4v) is 1.46. The normalized spacial score (nSPS) is 10.1. The van der Waals surface area contributed by atoms with Gasteiger partial charge < -0.3 is 15.4 Å². The summed E-state index contributed by atoms with van der Waals surface area (Å²) in [4.78, 5) is 32.8. The summed E-state index contributed by atoms with van der Waals surface area (Å²) in [6, 6.07) is 5.45. The number of benzene rings is 1. The Hall–Kier alpha value is -2.64. The lowest BCUT2D eigenvalue weighted by Gasteiger charge is -2.09. The van der Waals surface area contributed by atoms with E-state index < -0.39 is 4.92 Å². The second-order valence-electron chi connectivity index (χ2n) is 4.84. The number of nitrogens with one attached hydrogen (secondary N) is 2. The van der Waals surface area contributed by atoms with Gasteiger partial charge in [0, 0.05) is 31.1 Å². The molecule has 0 heterocycles. The molecule has 0 radical (unpaired) electrons. The van der Waals surface area contributed by atoms with Gasteiger partial charge in [0.25, 0.3) is 11.6 Å². The molecule has 2 N–H and O–H groups in total. The van der Waals surface area contributed by atoms with Gasteiger partial charge in [0.05, 0.1) is 4.92 Å². The van der Waals surface area contributed by atoms with Crippen LogP contribution in [0.4, 0.5) is 5.69 Å². The maximum Gasteiger partial charge on any atom is 0.269 e. The summed E-state index contributed by atoms with van der Waals surface area (Å²) in [5.41, 5.74) is -0.0438. The van der Waals surface area contributed by atoms with Gasteiger partial charge in [-0.1, -0.05) is 13.8 Å². The minimum Gasteiger partial charge on any atom is -0.484 e. The molecule has 0 bridgehead atoms. The zero-order chi connectivity index (χ0) is 16.5. The van der Waals surface area contributed by atoms with Crippen LogP contribution in [0.3, 0.4) is 0 Å². The van der Waals surface area contributed by atoms with Gasteiger partial charge in [-0.15, -0.1) is 0 Å². The number of hydrogen-bond donors (Lipinski definition) is 2. The van der Waals surface area contributed by atoms with Crippen molar-refractivity contribution in [3.05, 3.63) is 34.4 Å². The van der Waals surface area contributed by atoms with E-state index in [1.165, 1.54) is 24.3 Å². The van der Waals surface area contributed by atoms with Gasteiger partial charge >= 0.3 is 0 Å². The van der Waals surface area contributed by atoms with Crippen molar-refractivity contribution in [1.29, 1.82) is 0 Å². The maximum atomic E-state index is 11.5. The fraction of sp³-hybridized carbons (Fsp3) is 0.429. The molecule has 1 rings (SSSR count). The number of carbonyl (C=O) groups is 2. The van der Waals surface area contributed by atoms with Gasteiger partial charge in [0.2, 0.25) is 5.91 Å². The first-order chi connectivity index (χ1) is 10.4. The molecule has 0 aliphatic rings. The molecule has 0 unspecified atom stereocenters. The van der Waals surface area contributed by atoms with E-state index in [9.17, 15) is 19.7 Å². The Morgan fingerprint density at radius 1 is 1.18 bits per heavy atom. The third-order valence-electron chi connectivity index (χ3n) is 2.69. The van der Waals surface area contributed by atoms with Crippen LogP contribution >= 0.6 is 0 Å². The number of nitro benzene ring substituents is 1. The number of rotatable bonds is 8. The fourth-order valence-electron chi connectivity index (χ4n) is 1.46. The summed E-state index contributed by atoms with van der Waals surface area (Å²) in [5.74, 6) is -0.136. The lowest BCUT2D eigenvalue weighted by molar-refractivity contribution is -0.384. The Morgan fingerprint density at radius 2 is 1.77 bits per heavy atom. The molecular formula is C14H19N3O5. The minimum atomic E-state index is -0.512. The van der Waals surface area contributed by atoms with E-state index in [1.54, 1.807) is 13.8 Å². The molecule has 0 saturated carbocycles. The molecule has 2 amide bonds. The third kappa shape index (κ3) is 6.21. The Kier molecular flexibility index (Phi) is 6.81. The molecular weight excluding hydrogens is 290 g/mol. The van der Waals surface area contributed by atoms with Gasteiger partial charge in [0.15, 0.2) is 6.61 Å². The van der Waals surface area contributed by atoms with E-state index in [4.69, 9.17) is 4.74 Å². The number of ether oxygens (including phenoxy) is 1. The minimum absolute atomic E-state index is 0.0438. The van der Waals surface area contributed by atoms with E-state index in [1.807, 2.05) is 0 Å². The standard InChI is InChI=1S/C14H19N3O5/c1-10(2)14(19)16-8-7-15-13(18)9-22-12-5-3-11(4-6-12)17(20)21/h3-6,10H,7-9H2,1-2H3,(H,15,18)(H,16,19). The van der Waals surface area contributed by atoms with E-state index >= 15 is 0 Å². The molecule has 0 fully saturated rings. The van der Waals surface area contributed by atoms with Crippen molar-refractivity contribution < 1.29 is 19.2 Å². The molecule has 1 aromatic rings. The van der Waals surface area contributed by atoms with Crippen LogP contribution in [0.15, 0.2) is 24.3 Å². The predicted molar refractivity (Wildman–Crippen MR) is 79.4 cm³/mol. The molecule has 8 heteroatoms.